The highest BCUT2D eigenvalue weighted by Crippen LogP contribution is 2.52. The molecule has 1 heterocycles. The van der Waals surface area contributed by atoms with Crippen molar-refractivity contribution in [3.8, 4) is 0 Å². The minimum Gasteiger partial charge on any atom is -0.367 e. The normalized spacial score (nSPS) is 39.6. The van der Waals surface area contributed by atoms with Crippen molar-refractivity contribution in [2.24, 2.45) is 5.41 Å². The Bertz CT molecular complexity index is 327. The van der Waals surface area contributed by atoms with Crippen LogP contribution in [0.25, 0.3) is 0 Å². The lowest BCUT2D eigenvalue weighted by Gasteiger charge is -2.46. The Morgan fingerprint density at radius 3 is 2.60 bits per heavy atom. The summed E-state index contributed by atoms with van der Waals surface area (Å²) in [6, 6.07) is 0. The second kappa shape index (κ2) is 3.18. The van der Waals surface area contributed by atoms with E-state index in [4.69, 9.17) is 4.74 Å². The van der Waals surface area contributed by atoms with Gasteiger partial charge in [-0.2, -0.15) is 0 Å². The van der Waals surface area contributed by atoms with Crippen molar-refractivity contribution in [1.29, 1.82) is 0 Å². The topological polar surface area (TPSA) is 26.3 Å². The maximum absolute atomic E-state index is 11.6. The minimum atomic E-state index is -0.180. The first kappa shape index (κ1) is 10.9. The van der Waals surface area contributed by atoms with Crippen molar-refractivity contribution in [3.63, 3.8) is 0 Å². The zero-order chi connectivity index (χ0) is 11.3. The summed E-state index contributed by atoms with van der Waals surface area (Å²) in [6.45, 7) is 8.46. The number of ether oxygens (including phenoxy) is 1. The molecule has 0 radical (unpaired) electrons. The summed E-state index contributed by atoms with van der Waals surface area (Å²) in [5.41, 5.74) is 0.877. The van der Waals surface area contributed by atoms with Gasteiger partial charge in [-0.25, -0.2) is 0 Å². The van der Waals surface area contributed by atoms with Gasteiger partial charge in [0.15, 0.2) is 5.78 Å². The van der Waals surface area contributed by atoms with Crippen molar-refractivity contribution >= 4 is 5.78 Å². The van der Waals surface area contributed by atoms with Crippen LogP contribution in [0.1, 0.15) is 47.0 Å². The number of carbonyl (C=O) groups is 1. The lowest BCUT2D eigenvalue weighted by molar-refractivity contribution is -0.129. The predicted octanol–water partition coefficient (Wildman–Crippen LogP) is 2.87. The van der Waals surface area contributed by atoms with Gasteiger partial charge in [0, 0.05) is 11.8 Å². The van der Waals surface area contributed by atoms with Crippen LogP contribution in [0.15, 0.2) is 11.6 Å². The van der Waals surface area contributed by atoms with E-state index in [-0.39, 0.29) is 16.8 Å². The van der Waals surface area contributed by atoms with Crippen molar-refractivity contribution < 1.29 is 9.53 Å². The number of hydrogen-bond donors (Lipinski definition) is 0. The number of hydrogen-bond acceptors (Lipinski definition) is 2. The van der Waals surface area contributed by atoms with Crippen molar-refractivity contribution in [3.05, 3.63) is 11.6 Å². The molecule has 15 heavy (non-hydrogen) atoms. The van der Waals surface area contributed by atoms with Gasteiger partial charge in [-0.15, -0.1) is 0 Å². The Kier molecular flexibility index (Phi) is 2.30. The third kappa shape index (κ3) is 1.46. The first-order chi connectivity index (χ1) is 6.87. The third-order valence-corrected chi connectivity index (χ3v) is 4.03. The summed E-state index contributed by atoms with van der Waals surface area (Å²) in [5.74, 6) is 0.242. The highest BCUT2D eigenvalue weighted by Gasteiger charge is 2.53. The number of rotatable bonds is 0. The molecule has 1 aliphatic carbocycles. The van der Waals surface area contributed by atoms with E-state index in [1.165, 1.54) is 0 Å². The summed E-state index contributed by atoms with van der Waals surface area (Å²) < 4.78 is 6.15. The molecule has 0 amide bonds. The van der Waals surface area contributed by atoms with Gasteiger partial charge >= 0.3 is 0 Å². The molecule has 84 valence electrons. The maximum atomic E-state index is 11.6. The molecular formula is C13H20O2. The van der Waals surface area contributed by atoms with Gasteiger partial charge in [-0.05, 0) is 38.3 Å². The van der Waals surface area contributed by atoms with Gasteiger partial charge in [0.05, 0.1) is 11.7 Å². The van der Waals surface area contributed by atoms with Gasteiger partial charge in [0.1, 0.15) is 0 Å². The Hall–Kier alpha value is -0.630. The van der Waals surface area contributed by atoms with Crippen LogP contribution in [0, 0.1) is 5.41 Å². The van der Waals surface area contributed by atoms with Crippen LogP contribution >= 0.6 is 0 Å². The first-order valence-corrected chi connectivity index (χ1v) is 5.77. The van der Waals surface area contributed by atoms with Crippen LogP contribution in [0.3, 0.4) is 0 Å². The second-order valence-electron chi connectivity index (χ2n) is 5.65. The number of carbonyl (C=O) groups excluding carboxylic acids is 1. The van der Waals surface area contributed by atoms with Crippen molar-refractivity contribution in [1.82, 2.24) is 0 Å². The van der Waals surface area contributed by atoms with E-state index in [0.717, 1.165) is 18.4 Å². The highest BCUT2D eigenvalue weighted by atomic mass is 16.5. The quantitative estimate of drug-likeness (QED) is 0.612. The minimum absolute atomic E-state index is 0.0618. The van der Waals surface area contributed by atoms with Crippen LogP contribution < -0.4 is 0 Å². The Labute approximate surface area is 91.7 Å². The molecule has 1 fully saturated rings. The standard InChI is InChI=1S/C13H20O2/c1-9-7-11(14)8-12(3,4)13(9)6-5-10(2)15-13/h7,10H,5-6,8H2,1-4H3/t10-,13+/m0/s1. The molecule has 2 aliphatic rings. The molecule has 0 bridgehead atoms. The van der Waals surface area contributed by atoms with Gasteiger partial charge in [-0.3, -0.25) is 4.79 Å². The van der Waals surface area contributed by atoms with Crippen LogP contribution in [0.4, 0.5) is 0 Å². The van der Waals surface area contributed by atoms with Crippen LogP contribution in [0.5, 0.6) is 0 Å². The fourth-order valence-corrected chi connectivity index (χ4v) is 3.18. The van der Waals surface area contributed by atoms with E-state index in [9.17, 15) is 4.79 Å². The summed E-state index contributed by atoms with van der Waals surface area (Å²) >= 11 is 0. The zero-order valence-electron chi connectivity index (χ0n) is 10.1. The maximum Gasteiger partial charge on any atom is 0.156 e. The molecule has 0 aromatic carbocycles. The van der Waals surface area contributed by atoms with Gasteiger partial charge in [-0.1, -0.05) is 13.8 Å². The molecule has 2 nitrogen and oxygen atoms in total. The summed E-state index contributed by atoms with van der Waals surface area (Å²) in [4.78, 5) is 11.6. The van der Waals surface area contributed by atoms with Crippen LogP contribution in [0.2, 0.25) is 0 Å². The van der Waals surface area contributed by atoms with E-state index in [0.29, 0.717) is 12.5 Å². The molecule has 0 aromatic heterocycles. The van der Waals surface area contributed by atoms with Crippen LogP contribution in [-0.4, -0.2) is 17.5 Å². The Balaban J connectivity index is 2.44. The molecule has 0 saturated carbocycles. The summed E-state index contributed by atoms with van der Waals surface area (Å²) in [7, 11) is 0. The molecule has 1 saturated heterocycles. The van der Waals surface area contributed by atoms with Crippen molar-refractivity contribution in [2.75, 3.05) is 0 Å². The smallest absolute Gasteiger partial charge is 0.156 e. The second-order valence-corrected chi connectivity index (χ2v) is 5.65. The molecule has 2 rings (SSSR count). The highest BCUT2D eigenvalue weighted by molar-refractivity contribution is 5.92. The monoisotopic (exact) mass is 208 g/mol. The lowest BCUT2D eigenvalue weighted by Crippen LogP contribution is -2.49. The van der Waals surface area contributed by atoms with Crippen LogP contribution in [-0.2, 0) is 9.53 Å². The van der Waals surface area contributed by atoms with Crippen molar-refractivity contribution in [2.45, 2.75) is 58.7 Å². The summed E-state index contributed by atoms with van der Waals surface area (Å²) in [6.07, 6.45) is 4.86. The number of ketones is 1. The van der Waals surface area contributed by atoms with E-state index in [1.807, 2.05) is 6.92 Å². The predicted molar refractivity (Wildman–Crippen MR) is 59.7 cm³/mol. The van der Waals surface area contributed by atoms with E-state index < -0.39 is 0 Å². The van der Waals surface area contributed by atoms with E-state index in [2.05, 4.69) is 20.8 Å². The molecule has 0 unspecified atom stereocenters. The molecule has 1 spiro atoms. The average molecular weight is 208 g/mol. The Morgan fingerprint density at radius 1 is 1.47 bits per heavy atom. The molecule has 1 aliphatic heterocycles. The molecule has 0 aromatic rings. The number of allylic oxidation sites excluding steroid dienone is 1. The van der Waals surface area contributed by atoms with Gasteiger partial charge in [0.2, 0.25) is 0 Å². The molecule has 0 N–H and O–H groups in total. The van der Waals surface area contributed by atoms with E-state index >= 15 is 0 Å². The SMILES string of the molecule is CC1=CC(=O)CC(C)(C)[C@@]12CC[C@H](C)O2. The third-order valence-electron chi connectivity index (χ3n) is 4.03. The zero-order valence-corrected chi connectivity index (χ0v) is 10.1. The fourth-order valence-electron chi connectivity index (χ4n) is 3.18. The molecule has 2 heteroatoms. The van der Waals surface area contributed by atoms with Gasteiger partial charge < -0.3 is 4.74 Å². The first-order valence-electron chi connectivity index (χ1n) is 5.77. The molecular weight excluding hydrogens is 188 g/mol. The fraction of sp³-hybridized carbons (Fsp3) is 0.769. The summed E-state index contributed by atoms with van der Waals surface area (Å²) in [5, 5.41) is 0. The molecule has 2 atom stereocenters. The van der Waals surface area contributed by atoms with E-state index in [1.54, 1.807) is 6.08 Å². The largest absolute Gasteiger partial charge is 0.367 e. The lowest BCUT2D eigenvalue weighted by atomic mass is 9.63. The van der Waals surface area contributed by atoms with Gasteiger partial charge in [0.25, 0.3) is 0 Å². The average Bonchev–Trinajstić information content (AvgIpc) is 2.45. The Morgan fingerprint density at radius 2 is 2.13 bits per heavy atom.